The van der Waals surface area contributed by atoms with Crippen molar-refractivity contribution in [1.29, 1.82) is 0 Å². The second-order valence-electron chi connectivity index (χ2n) is 7.21. The average Bonchev–Trinajstić information content (AvgIpc) is 2.96. The van der Waals surface area contributed by atoms with Crippen molar-refractivity contribution in [3.05, 3.63) is 9.16 Å². The SMILES string of the molecule is COC(=O)C1(CC2=[C]([Sn]([CH3])([CH3])[CH3])CCC2)CCCC1=O. The minimum absolute atomic E-state index is 0.104. The van der Waals surface area contributed by atoms with Gasteiger partial charge in [0.2, 0.25) is 0 Å². The van der Waals surface area contributed by atoms with Crippen LogP contribution in [-0.4, -0.2) is 37.2 Å². The number of esters is 1. The van der Waals surface area contributed by atoms with Crippen molar-refractivity contribution in [2.24, 2.45) is 5.41 Å². The number of ether oxygens (including phenoxy) is 1. The van der Waals surface area contributed by atoms with Crippen LogP contribution < -0.4 is 0 Å². The second kappa shape index (κ2) is 5.82. The molecule has 0 bridgehead atoms. The Morgan fingerprint density at radius 3 is 2.40 bits per heavy atom. The molecule has 0 aromatic heterocycles. The van der Waals surface area contributed by atoms with E-state index in [0.717, 1.165) is 12.8 Å². The van der Waals surface area contributed by atoms with Crippen LogP contribution in [0, 0.1) is 5.41 Å². The summed E-state index contributed by atoms with van der Waals surface area (Å²) in [5.41, 5.74) is 0.575. The van der Waals surface area contributed by atoms with Gasteiger partial charge in [0.05, 0.1) is 0 Å². The van der Waals surface area contributed by atoms with E-state index < -0.39 is 23.8 Å². The number of methoxy groups -OCH3 is 1. The number of rotatable bonds is 4. The first-order valence-electron chi connectivity index (χ1n) is 7.64. The molecule has 1 atom stereocenters. The van der Waals surface area contributed by atoms with Gasteiger partial charge >= 0.3 is 126 Å². The van der Waals surface area contributed by atoms with E-state index in [1.807, 2.05) is 0 Å². The summed E-state index contributed by atoms with van der Waals surface area (Å²) in [6.07, 6.45) is 6.16. The van der Waals surface area contributed by atoms with Gasteiger partial charge in [0.15, 0.2) is 0 Å². The standard InChI is InChI=1S/C13H17O3.3CH3.Sn/c1-16-12(15)13(8-4-7-11(13)14)9-10-5-2-3-6-10;;;;/h2-5,7-9H2,1H3;3*1H3;. The predicted molar refractivity (Wildman–Crippen MR) is 82.1 cm³/mol. The van der Waals surface area contributed by atoms with Crippen LogP contribution in [0.4, 0.5) is 0 Å². The molecule has 4 heteroatoms. The third-order valence-electron chi connectivity index (χ3n) is 4.87. The number of Topliss-reactive ketones (excluding diaryl/α,β-unsaturated/α-hetero) is 1. The van der Waals surface area contributed by atoms with Gasteiger partial charge in [0.1, 0.15) is 0 Å². The van der Waals surface area contributed by atoms with Gasteiger partial charge in [0.25, 0.3) is 0 Å². The van der Waals surface area contributed by atoms with Crippen molar-refractivity contribution < 1.29 is 14.3 Å². The summed E-state index contributed by atoms with van der Waals surface area (Å²) in [4.78, 5) is 31.9. The van der Waals surface area contributed by atoms with Gasteiger partial charge in [0, 0.05) is 0 Å². The summed E-state index contributed by atoms with van der Waals surface area (Å²) >= 11 is -2.10. The van der Waals surface area contributed by atoms with E-state index in [1.54, 1.807) is 3.59 Å². The fraction of sp³-hybridized carbons (Fsp3) is 0.750. The summed E-state index contributed by atoms with van der Waals surface area (Å²) in [6, 6.07) is 0. The van der Waals surface area contributed by atoms with Gasteiger partial charge in [-0.2, -0.15) is 0 Å². The number of allylic oxidation sites excluding steroid dienone is 2. The average molecular weight is 385 g/mol. The van der Waals surface area contributed by atoms with E-state index in [2.05, 4.69) is 14.8 Å². The van der Waals surface area contributed by atoms with Crippen molar-refractivity contribution in [2.75, 3.05) is 7.11 Å². The van der Waals surface area contributed by atoms with E-state index in [9.17, 15) is 9.59 Å². The third-order valence-corrected chi connectivity index (χ3v) is 11.8. The molecule has 0 radical (unpaired) electrons. The van der Waals surface area contributed by atoms with Gasteiger partial charge in [-0.25, -0.2) is 0 Å². The molecule has 0 saturated heterocycles. The normalized spacial score (nSPS) is 27.3. The molecular formula is C16H26O3Sn. The Kier molecular flexibility index (Phi) is 4.67. The maximum atomic E-state index is 12.3. The minimum atomic E-state index is -2.10. The third kappa shape index (κ3) is 2.83. The summed E-state index contributed by atoms with van der Waals surface area (Å²) < 4.78 is 6.63. The molecule has 0 aromatic rings. The molecule has 0 N–H and O–H groups in total. The van der Waals surface area contributed by atoms with Crippen LogP contribution in [-0.2, 0) is 14.3 Å². The van der Waals surface area contributed by atoms with Gasteiger partial charge in [-0.05, 0) is 0 Å². The quantitative estimate of drug-likeness (QED) is 0.422. The Balaban J connectivity index is 2.34. The number of carbonyl (C=O) groups excluding carboxylic acids is 2. The van der Waals surface area contributed by atoms with Crippen LogP contribution in [0.5, 0.6) is 0 Å². The molecule has 1 unspecified atom stereocenters. The first-order valence-corrected chi connectivity index (χ1v) is 17.6. The van der Waals surface area contributed by atoms with Gasteiger partial charge in [-0.3, -0.25) is 0 Å². The first kappa shape index (κ1) is 16.1. The Hall–Kier alpha value is -0.321. The zero-order chi connectivity index (χ0) is 15.0. The van der Waals surface area contributed by atoms with E-state index in [4.69, 9.17) is 4.74 Å². The molecule has 0 aliphatic heterocycles. The first-order chi connectivity index (χ1) is 9.31. The maximum absolute atomic E-state index is 12.3. The van der Waals surface area contributed by atoms with Crippen molar-refractivity contribution in [1.82, 2.24) is 0 Å². The summed E-state index contributed by atoms with van der Waals surface area (Å²) in [5.74, 6) is -0.199. The summed E-state index contributed by atoms with van der Waals surface area (Å²) in [5, 5.41) is 0. The molecule has 20 heavy (non-hydrogen) atoms. The number of ketones is 1. The Morgan fingerprint density at radius 1 is 1.20 bits per heavy atom. The zero-order valence-corrected chi connectivity index (χ0v) is 16.0. The van der Waals surface area contributed by atoms with Crippen LogP contribution in [0.25, 0.3) is 0 Å². The van der Waals surface area contributed by atoms with Gasteiger partial charge in [-0.1, -0.05) is 0 Å². The van der Waals surface area contributed by atoms with Crippen molar-refractivity contribution >= 4 is 30.1 Å². The van der Waals surface area contributed by atoms with Crippen molar-refractivity contribution in [2.45, 2.75) is 59.8 Å². The van der Waals surface area contributed by atoms with Crippen molar-refractivity contribution in [3.8, 4) is 0 Å². The zero-order valence-electron chi connectivity index (χ0n) is 13.2. The molecule has 3 nitrogen and oxygen atoms in total. The van der Waals surface area contributed by atoms with Gasteiger partial charge < -0.3 is 0 Å². The number of hydrogen-bond acceptors (Lipinski definition) is 3. The predicted octanol–water partition coefficient (Wildman–Crippen LogP) is 3.65. The molecule has 1 fully saturated rings. The van der Waals surface area contributed by atoms with E-state index in [1.165, 1.54) is 25.5 Å². The van der Waals surface area contributed by atoms with Crippen LogP contribution in [0.1, 0.15) is 44.9 Å². The topological polar surface area (TPSA) is 43.4 Å². The molecule has 2 aliphatic rings. The second-order valence-corrected chi connectivity index (χ2v) is 21.8. The molecule has 112 valence electrons. The number of carbonyl (C=O) groups is 2. The van der Waals surface area contributed by atoms with Gasteiger partial charge in [-0.15, -0.1) is 0 Å². The number of hydrogen-bond donors (Lipinski definition) is 0. The molecule has 2 rings (SSSR count). The Bertz CT molecular complexity index is 459. The molecule has 0 amide bonds. The van der Waals surface area contributed by atoms with Crippen LogP contribution in [0.3, 0.4) is 0 Å². The van der Waals surface area contributed by atoms with Crippen LogP contribution in [0.15, 0.2) is 9.16 Å². The van der Waals surface area contributed by atoms with E-state index in [0.29, 0.717) is 19.3 Å². The molecule has 0 spiro atoms. The monoisotopic (exact) mass is 386 g/mol. The fourth-order valence-corrected chi connectivity index (χ4v) is 10.2. The molecule has 2 aliphatic carbocycles. The van der Waals surface area contributed by atoms with Crippen LogP contribution in [0.2, 0.25) is 14.8 Å². The molecular weight excluding hydrogens is 359 g/mol. The molecule has 1 saturated carbocycles. The van der Waals surface area contributed by atoms with E-state index >= 15 is 0 Å². The molecule has 0 heterocycles. The van der Waals surface area contributed by atoms with Crippen LogP contribution >= 0.6 is 0 Å². The Morgan fingerprint density at radius 2 is 1.90 bits per heavy atom. The Labute approximate surface area is 126 Å². The summed E-state index contributed by atoms with van der Waals surface area (Å²) in [6.45, 7) is 0. The fourth-order valence-electron chi connectivity index (χ4n) is 3.87. The van der Waals surface area contributed by atoms with Crippen molar-refractivity contribution in [3.63, 3.8) is 0 Å². The molecule has 0 aromatic carbocycles. The van der Waals surface area contributed by atoms with E-state index in [-0.39, 0.29) is 11.8 Å². The summed E-state index contributed by atoms with van der Waals surface area (Å²) in [7, 11) is 1.41.